The first-order valence-electron chi connectivity index (χ1n) is 9.70. The second kappa shape index (κ2) is 8.19. The second-order valence-corrected chi connectivity index (χ2v) is 7.33. The highest BCUT2D eigenvalue weighted by Crippen LogP contribution is 2.39. The maximum atomic E-state index is 12.5. The number of methoxy groups -OCH3 is 1. The topological polar surface area (TPSA) is 63.5 Å². The Kier molecular flexibility index (Phi) is 5.50. The monoisotopic (exact) mass is 369 g/mol. The van der Waals surface area contributed by atoms with Crippen LogP contribution in [0, 0.1) is 0 Å². The van der Waals surface area contributed by atoms with E-state index >= 15 is 0 Å². The predicted molar refractivity (Wildman–Crippen MR) is 101 cm³/mol. The van der Waals surface area contributed by atoms with Gasteiger partial charge in [-0.2, -0.15) is 5.10 Å². The molecule has 1 amide bonds. The molecule has 4 heterocycles. The Morgan fingerprint density at radius 1 is 1.26 bits per heavy atom. The van der Waals surface area contributed by atoms with E-state index in [2.05, 4.69) is 21.0 Å². The van der Waals surface area contributed by atoms with Crippen LogP contribution in [0.4, 0.5) is 0 Å². The predicted octanol–water partition coefficient (Wildman–Crippen LogP) is 1.73. The van der Waals surface area contributed by atoms with Gasteiger partial charge < -0.3 is 9.64 Å². The van der Waals surface area contributed by atoms with Gasteiger partial charge in [-0.15, -0.1) is 0 Å². The number of aryl methyl sites for hydroxylation is 1. The zero-order valence-electron chi connectivity index (χ0n) is 15.8. The number of ether oxygens (including phenoxy) is 1. The first-order chi connectivity index (χ1) is 13.3. The number of rotatable bonds is 6. The lowest BCUT2D eigenvalue weighted by atomic mass is 9.87. The SMILES string of the molecule is CO[C@H]1CN(C2CCN(C(=O)CCn3cccn3)CC2)[C@H]1c1cccnc1. The van der Waals surface area contributed by atoms with Crippen LogP contribution < -0.4 is 0 Å². The Balaban J connectivity index is 1.30. The fourth-order valence-corrected chi connectivity index (χ4v) is 4.28. The molecule has 7 nitrogen and oxygen atoms in total. The molecule has 2 aliphatic heterocycles. The van der Waals surface area contributed by atoms with E-state index in [0.717, 1.165) is 32.5 Å². The summed E-state index contributed by atoms with van der Waals surface area (Å²) in [4.78, 5) is 21.3. The maximum absolute atomic E-state index is 12.5. The third-order valence-corrected chi connectivity index (χ3v) is 5.83. The van der Waals surface area contributed by atoms with Gasteiger partial charge >= 0.3 is 0 Å². The Hall–Kier alpha value is -2.25. The van der Waals surface area contributed by atoms with Crippen LogP contribution in [0.15, 0.2) is 43.0 Å². The molecule has 2 saturated heterocycles. The first kappa shape index (κ1) is 18.1. The van der Waals surface area contributed by atoms with Gasteiger partial charge in [-0.25, -0.2) is 0 Å². The van der Waals surface area contributed by atoms with Crippen LogP contribution >= 0.6 is 0 Å². The number of pyridine rings is 1. The molecule has 0 radical (unpaired) electrons. The Bertz CT molecular complexity index is 728. The zero-order valence-corrected chi connectivity index (χ0v) is 15.8. The Morgan fingerprint density at radius 2 is 2.11 bits per heavy atom. The van der Waals surface area contributed by atoms with Crippen LogP contribution in [0.3, 0.4) is 0 Å². The van der Waals surface area contributed by atoms with Crippen molar-refractivity contribution in [1.29, 1.82) is 0 Å². The molecule has 4 rings (SSSR count). The molecule has 0 spiro atoms. The van der Waals surface area contributed by atoms with Gasteiger partial charge in [0.15, 0.2) is 0 Å². The fourth-order valence-electron chi connectivity index (χ4n) is 4.28. The standard InChI is InChI=1S/C20H27N5O2/c1-27-18-15-25(20(18)16-4-2-8-21-14-16)17-5-11-23(12-6-17)19(26)7-13-24-10-3-9-22-24/h2-4,8-10,14,17-18,20H,5-7,11-13,15H2,1H3/t18-,20-/m0/s1. The van der Waals surface area contributed by atoms with Crippen molar-refractivity contribution in [1.82, 2.24) is 24.6 Å². The van der Waals surface area contributed by atoms with Gasteiger partial charge in [0.05, 0.1) is 12.1 Å². The lowest BCUT2D eigenvalue weighted by molar-refractivity contribution is -0.138. The summed E-state index contributed by atoms with van der Waals surface area (Å²) in [7, 11) is 1.78. The Morgan fingerprint density at radius 3 is 2.78 bits per heavy atom. The van der Waals surface area contributed by atoms with Gasteiger partial charge in [0.25, 0.3) is 0 Å². The number of aromatic nitrogens is 3. The summed E-state index contributed by atoms with van der Waals surface area (Å²) < 4.78 is 7.47. The Labute approximate surface area is 159 Å². The van der Waals surface area contributed by atoms with Gasteiger partial charge in [-0.05, 0) is 30.5 Å². The van der Waals surface area contributed by atoms with Crippen molar-refractivity contribution in [2.45, 2.75) is 44.0 Å². The van der Waals surface area contributed by atoms with Crippen molar-refractivity contribution in [3.8, 4) is 0 Å². The van der Waals surface area contributed by atoms with Crippen LogP contribution in [0.5, 0.6) is 0 Å². The average Bonchev–Trinajstić information content (AvgIpc) is 3.21. The highest BCUT2D eigenvalue weighted by atomic mass is 16.5. The highest BCUT2D eigenvalue weighted by Gasteiger charge is 2.44. The maximum Gasteiger partial charge on any atom is 0.224 e. The van der Waals surface area contributed by atoms with E-state index in [-0.39, 0.29) is 18.1 Å². The van der Waals surface area contributed by atoms with Gasteiger partial charge in [-0.1, -0.05) is 6.07 Å². The second-order valence-electron chi connectivity index (χ2n) is 7.33. The minimum Gasteiger partial charge on any atom is -0.378 e. The molecule has 0 unspecified atom stereocenters. The molecule has 27 heavy (non-hydrogen) atoms. The van der Waals surface area contributed by atoms with Crippen LogP contribution in [-0.2, 0) is 16.1 Å². The van der Waals surface area contributed by atoms with E-state index < -0.39 is 0 Å². The molecule has 2 fully saturated rings. The van der Waals surface area contributed by atoms with Crippen molar-refractivity contribution in [3.63, 3.8) is 0 Å². The van der Waals surface area contributed by atoms with E-state index in [1.165, 1.54) is 5.56 Å². The van der Waals surface area contributed by atoms with Crippen molar-refractivity contribution >= 4 is 5.91 Å². The molecule has 0 saturated carbocycles. The van der Waals surface area contributed by atoms with Crippen LogP contribution in [0.1, 0.15) is 30.9 Å². The summed E-state index contributed by atoms with van der Waals surface area (Å²) in [6.07, 6.45) is 10.2. The minimum atomic E-state index is 0.225. The number of nitrogens with zero attached hydrogens (tertiary/aromatic N) is 5. The summed E-state index contributed by atoms with van der Waals surface area (Å²) in [6, 6.07) is 6.77. The molecule has 2 aliphatic rings. The normalized spacial score (nSPS) is 24.0. The molecule has 0 aliphatic carbocycles. The average molecular weight is 369 g/mol. The number of likely N-dealkylation sites (tertiary alicyclic amines) is 2. The van der Waals surface area contributed by atoms with Gasteiger partial charge in [0.2, 0.25) is 5.91 Å². The van der Waals surface area contributed by atoms with Gasteiger partial charge in [0, 0.05) is 70.5 Å². The smallest absolute Gasteiger partial charge is 0.224 e. The third-order valence-electron chi connectivity index (χ3n) is 5.83. The summed E-state index contributed by atoms with van der Waals surface area (Å²) in [5.74, 6) is 0.228. The zero-order chi connectivity index (χ0) is 18.6. The van der Waals surface area contributed by atoms with Crippen molar-refractivity contribution in [2.75, 3.05) is 26.7 Å². The van der Waals surface area contributed by atoms with Crippen molar-refractivity contribution in [2.24, 2.45) is 0 Å². The van der Waals surface area contributed by atoms with Crippen LogP contribution in [-0.4, -0.2) is 69.4 Å². The largest absolute Gasteiger partial charge is 0.378 e. The molecular weight excluding hydrogens is 342 g/mol. The molecule has 0 N–H and O–H groups in total. The number of piperidine rings is 1. The fraction of sp³-hybridized carbons (Fsp3) is 0.550. The minimum absolute atomic E-state index is 0.225. The summed E-state index contributed by atoms with van der Waals surface area (Å²) in [5.41, 5.74) is 1.22. The molecule has 2 atom stereocenters. The number of hydrogen-bond donors (Lipinski definition) is 0. The van der Waals surface area contributed by atoms with E-state index in [1.54, 1.807) is 13.3 Å². The highest BCUT2D eigenvalue weighted by molar-refractivity contribution is 5.76. The number of amides is 1. The number of hydrogen-bond acceptors (Lipinski definition) is 5. The summed E-state index contributed by atoms with van der Waals surface area (Å²) >= 11 is 0. The molecule has 0 aromatic carbocycles. The molecule has 144 valence electrons. The van der Waals surface area contributed by atoms with E-state index in [0.29, 0.717) is 19.0 Å². The molecule has 2 aromatic heterocycles. The lowest BCUT2D eigenvalue weighted by Gasteiger charge is -2.53. The van der Waals surface area contributed by atoms with Crippen LogP contribution in [0.2, 0.25) is 0 Å². The summed E-state index contributed by atoms with van der Waals surface area (Å²) in [6.45, 7) is 3.26. The van der Waals surface area contributed by atoms with Gasteiger partial charge in [0.1, 0.15) is 0 Å². The van der Waals surface area contributed by atoms with Crippen LogP contribution in [0.25, 0.3) is 0 Å². The lowest BCUT2D eigenvalue weighted by Crippen LogP contribution is -2.60. The number of carbonyl (C=O) groups is 1. The van der Waals surface area contributed by atoms with E-state index in [1.807, 2.05) is 40.3 Å². The molecule has 7 heteroatoms. The summed E-state index contributed by atoms with van der Waals surface area (Å²) in [5, 5.41) is 4.16. The molecule has 2 aromatic rings. The molecule has 0 bridgehead atoms. The first-order valence-corrected chi connectivity index (χ1v) is 9.70. The number of carbonyl (C=O) groups excluding carboxylic acids is 1. The van der Waals surface area contributed by atoms with Gasteiger partial charge in [-0.3, -0.25) is 19.4 Å². The van der Waals surface area contributed by atoms with E-state index in [9.17, 15) is 4.79 Å². The quantitative estimate of drug-likeness (QED) is 0.776. The van der Waals surface area contributed by atoms with E-state index in [4.69, 9.17) is 4.74 Å². The van der Waals surface area contributed by atoms with Crippen molar-refractivity contribution in [3.05, 3.63) is 48.5 Å². The van der Waals surface area contributed by atoms with Crippen molar-refractivity contribution < 1.29 is 9.53 Å². The molecular formula is C20H27N5O2. The third kappa shape index (κ3) is 3.89.